The smallest absolute Gasteiger partial charge is 0.185 e. The topological polar surface area (TPSA) is 28.2 Å². The van der Waals surface area contributed by atoms with Crippen LogP contribution in [0.5, 0.6) is 0 Å². The summed E-state index contributed by atoms with van der Waals surface area (Å²) in [5, 5.41) is 4.54. The Morgan fingerprint density at radius 3 is 2.90 bits per heavy atom. The number of anilines is 1. The van der Waals surface area contributed by atoms with Crippen LogP contribution in [0, 0.1) is 5.92 Å². The quantitative estimate of drug-likeness (QED) is 0.824. The second-order valence-electron chi connectivity index (χ2n) is 6.03. The average Bonchev–Trinajstić information content (AvgIpc) is 3.06. The second kappa shape index (κ2) is 7.41. The molecule has 1 aromatic heterocycles. The molecule has 0 amide bonds. The Morgan fingerprint density at radius 2 is 2.25 bits per heavy atom. The van der Waals surface area contributed by atoms with Crippen LogP contribution in [0.25, 0.3) is 0 Å². The van der Waals surface area contributed by atoms with E-state index in [1.807, 2.05) is 18.4 Å². The minimum atomic E-state index is 0.567. The molecule has 0 aromatic carbocycles. The van der Waals surface area contributed by atoms with Gasteiger partial charge in [0.2, 0.25) is 0 Å². The lowest BCUT2D eigenvalue weighted by Gasteiger charge is -2.14. The van der Waals surface area contributed by atoms with Crippen molar-refractivity contribution >= 4 is 16.5 Å². The highest BCUT2D eigenvalue weighted by molar-refractivity contribution is 7.15. The zero-order valence-corrected chi connectivity index (χ0v) is 14.2. The van der Waals surface area contributed by atoms with Crippen LogP contribution in [-0.4, -0.2) is 25.1 Å². The van der Waals surface area contributed by atoms with E-state index in [1.54, 1.807) is 0 Å². The molecule has 1 aliphatic heterocycles. The molecular weight excluding hydrogens is 266 g/mol. The van der Waals surface area contributed by atoms with E-state index in [4.69, 9.17) is 4.98 Å². The van der Waals surface area contributed by atoms with Crippen LogP contribution in [0.2, 0.25) is 0 Å². The molecular formula is C16H29N3S. The van der Waals surface area contributed by atoms with Gasteiger partial charge in [-0.05, 0) is 38.1 Å². The molecule has 20 heavy (non-hydrogen) atoms. The largest absolute Gasteiger partial charge is 0.348 e. The normalized spacial score (nSPS) is 20.6. The van der Waals surface area contributed by atoms with Gasteiger partial charge in [-0.25, -0.2) is 4.98 Å². The molecule has 0 bridgehead atoms. The van der Waals surface area contributed by atoms with Gasteiger partial charge < -0.3 is 10.2 Å². The zero-order chi connectivity index (χ0) is 14.5. The third-order valence-electron chi connectivity index (χ3n) is 4.39. The average molecular weight is 295 g/mol. The van der Waals surface area contributed by atoms with Crippen LogP contribution in [0.1, 0.15) is 62.9 Å². The zero-order valence-electron chi connectivity index (χ0n) is 13.4. The molecule has 2 heterocycles. The summed E-state index contributed by atoms with van der Waals surface area (Å²) in [4.78, 5) is 8.92. The molecule has 2 unspecified atom stereocenters. The number of thiazole rings is 1. The van der Waals surface area contributed by atoms with Gasteiger partial charge in [-0.15, -0.1) is 11.3 Å². The van der Waals surface area contributed by atoms with Gasteiger partial charge in [0, 0.05) is 24.5 Å². The summed E-state index contributed by atoms with van der Waals surface area (Å²) in [5.74, 6) is 1.45. The summed E-state index contributed by atoms with van der Waals surface area (Å²) in [6, 6.07) is 0. The summed E-state index contributed by atoms with van der Waals surface area (Å²) >= 11 is 1.90. The third kappa shape index (κ3) is 3.53. The Morgan fingerprint density at radius 1 is 1.45 bits per heavy atom. The highest BCUT2D eigenvalue weighted by Crippen LogP contribution is 2.35. The first-order chi connectivity index (χ1) is 9.69. The van der Waals surface area contributed by atoms with Crippen molar-refractivity contribution in [2.75, 3.05) is 25.0 Å². The number of nitrogens with one attached hydrogen (secondary N) is 1. The Kier molecular flexibility index (Phi) is 5.85. The van der Waals surface area contributed by atoms with E-state index in [9.17, 15) is 0 Å². The Labute approximate surface area is 127 Å². The molecule has 0 spiro atoms. The van der Waals surface area contributed by atoms with Gasteiger partial charge in [0.05, 0.1) is 5.69 Å². The van der Waals surface area contributed by atoms with Gasteiger partial charge in [-0.1, -0.05) is 27.2 Å². The minimum Gasteiger partial charge on any atom is -0.348 e. The maximum Gasteiger partial charge on any atom is 0.185 e. The molecule has 3 nitrogen and oxygen atoms in total. The summed E-state index contributed by atoms with van der Waals surface area (Å²) < 4.78 is 0. The van der Waals surface area contributed by atoms with Crippen molar-refractivity contribution in [2.45, 2.75) is 58.9 Å². The molecule has 114 valence electrons. The van der Waals surface area contributed by atoms with Crippen LogP contribution in [0.15, 0.2) is 0 Å². The summed E-state index contributed by atoms with van der Waals surface area (Å²) in [6.45, 7) is 10.2. The maximum atomic E-state index is 4.98. The monoisotopic (exact) mass is 295 g/mol. The molecule has 1 aromatic rings. The Hall–Kier alpha value is -0.610. The molecule has 0 aliphatic carbocycles. The number of rotatable bonds is 7. The molecule has 2 atom stereocenters. The first kappa shape index (κ1) is 15.8. The summed E-state index contributed by atoms with van der Waals surface area (Å²) in [7, 11) is 2.02. The minimum absolute atomic E-state index is 0.567. The van der Waals surface area contributed by atoms with E-state index < -0.39 is 0 Å². The van der Waals surface area contributed by atoms with Gasteiger partial charge in [-0.2, -0.15) is 0 Å². The van der Waals surface area contributed by atoms with Crippen LogP contribution >= 0.6 is 11.3 Å². The van der Waals surface area contributed by atoms with E-state index in [2.05, 4.69) is 31.0 Å². The van der Waals surface area contributed by atoms with Gasteiger partial charge in [-0.3, -0.25) is 0 Å². The molecule has 1 saturated heterocycles. The van der Waals surface area contributed by atoms with Crippen LogP contribution in [-0.2, 0) is 6.54 Å². The molecule has 0 radical (unpaired) electrons. The van der Waals surface area contributed by atoms with Crippen molar-refractivity contribution in [3.8, 4) is 0 Å². The Bertz CT molecular complexity index is 416. The lowest BCUT2D eigenvalue weighted by molar-refractivity contribution is 0.529. The fraction of sp³-hybridized carbons (Fsp3) is 0.812. The standard InChI is InChI=1S/C16H29N3S/c1-5-7-13-8-9-19(11-13)16-18-15(12(3)6-2)14(20-16)10-17-4/h12-13,17H,5-11H2,1-4H3. The van der Waals surface area contributed by atoms with Crippen molar-refractivity contribution in [2.24, 2.45) is 5.92 Å². The van der Waals surface area contributed by atoms with Gasteiger partial charge >= 0.3 is 0 Å². The summed E-state index contributed by atoms with van der Waals surface area (Å²) in [5.41, 5.74) is 1.32. The Balaban J connectivity index is 2.12. The van der Waals surface area contributed by atoms with E-state index in [-0.39, 0.29) is 0 Å². The van der Waals surface area contributed by atoms with Crippen molar-refractivity contribution in [1.82, 2.24) is 10.3 Å². The molecule has 2 rings (SSSR count). The third-order valence-corrected chi connectivity index (χ3v) is 5.52. The molecule has 4 heteroatoms. The fourth-order valence-corrected chi connectivity index (χ4v) is 4.23. The maximum absolute atomic E-state index is 4.98. The van der Waals surface area contributed by atoms with Gasteiger partial charge in [0.15, 0.2) is 5.13 Å². The van der Waals surface area contributed by atoms with Crippen molar-refractivity contribution in [3.05, 3.63) is 10.6 Å². The lowest BCUT2D eigenvalue weighted by atomic mass is 10.0. The molecule has 1 aliphatic rings. The number of nitrogens with zero attached hydrogens (tertiary/aromatic N) is 2. The molecule has 1 N–H and O–H groups in total. The number of hydrogen-bond acceptors (Lipinski definition) is 4. The van der Waals surface area contributed by atoms with E-state index in [0.29, 0.717) is 5.92 Å². The van der Waals surface area contributed by atoms with Crippen molar-refractivity contribution in [1.29, 1.82) is 0 Å². The van der Waals surface area contributed by atoms with Crippen molar-refractivity contribution < 1.29 is 0 Å². The van der Waals surface area contributed by atoms with Gasteiger partial charge in [0.25, 0.3) is 0 Å². The highest BCUT2D eigenvalue weighted by Gasteiger charge is 2.26. The molecule has 1 fully saturated rings. The fourth-order valence-electron chi connectivity index (χ4n) is 3.00. The van der Waals surface area contributed by atoms with E-state index in [1.165, 1.54) is 54.5 Å². The second-order valence-corrected chi connectivity index (χ2v) is 7.10. The molecule has 0 saturated carbocycles. The van der Waals surface area contributed by atoms with E-state index in [0.717, 1.165) is 12.5 Å². The first-order valence-corrected chi connectivity index (χ1v) is 8.90. The lowest BCUT2D eigenvalue weighted by Crippen LogP contribution is -2.19. The predicted molar refractivity (Wildman–Crippen MR) is 88.8 cm³/mol. The predicted octanol–water partition coefficient (Wildman–Crippen LogP) is 4.00. The van der Waals surface area contributed by atoms with Crippen LogP contribution < -0.4 is 10.2 Å². The SMILES string of the molecule is CCCC1CCN(c2nc(C(C)CC)c(CNC)s2)C1. The number of aromatic nitrogens is 1. The number of hydrogen-bond donors (Lipinski definition) is 1. The van der Waals surface area contributed by atoms with Crippen molar-refractivity contribution in [3.63, 3.8) is 0 Å². The van der Waals surface area contributed by atoms with E-state index >= 15 is 0 Å². The van der Waals surface area contributed by atoms with Crippen LogP contribution in [0.4, 0.5) is 5.13 Å². The van der Waals surface area contributed by atoms with Crippen LogP contribution in [0.3, 0.4) is 0 Å². The first-order valence-electron chi connectivity index (χ1n) is 8.08. The highest BCUT2D eigenvalue weighted by atomic mass is 32.1. The summed E-state index contributed by atoms with van der Waals surface area (Å²) in [6.07, 6.45) is 5.18. The van der Waals surface area contributed by atoms with Gasteiger partial charge in [0.1, 0.15) is 0 Å².